The second-order valence-corrected chi connectivity index (χ2v) is 6.10. The lowest BCUT2D eigenvalue weighted by atomic mass is 9.81. The van der Waals surface area contributed by atoms with E-state index in [9.17, 15) is 9.90 Å². The Morgan fingerprint density at radius 2 is 1.46 bits per heavy atom. The summed E-state index contributed by atoms with van der Waals surface area (Å²) in [7, 11) is 1.26. The normalized spacial score (nSPS) is 12.9. The van der Waals surface area contributed by atoms with Gasteiger partial charge < -0.3 is 14.6 Å². The molecule has 128 valence electrons. The van der Waals surface area contributed by atoms with E-state index in [-0.39, 0.29) is 5.92 Å². The van der Waals surface area contributed by atoms with Crippen molar-refractivity contribution in [1.29, 1.82) is 0 Å². The van der Waals surface area contributed by atoms with Crippen LogP contribution in [0, 0.1) is 5.92 Å². The number of aliphatic hydroxyl groups excluding tert-OH is 1. The SMILES string of the molecule is COC(=O)C(O)C(OCC(C)C)(c1ccccc1)c1ccccc1. The first-order valence-electron chi connectivity index (χ1n) is 8.03. The number of ether oxygens (including phenoxy) is 2. The van der Waals surface area contributed by atoms with Crippen LogP contribution in [0.25, 0.3) is 0 Å². The van der Waals surface area contributed by atoms with Gasteiger partial charge >= 0.3 is 5.97 Å². The molecule has 0 aliphatic carbocycles. The van der Waals surface area contributed by atoms with Crippen LogP contribution in [0.3, 0.4) is 0 Å². The highest BCUT2D eigenvalue weighted by atomic mass is 16.6. The van der Waals surface area contributed by atoms with Gasteiger partial charge in [0, 0.05) is 0 Å². The number of esters is 1. The smallest absolute Gasteiger partial charge is 0.338 e. The summed E-state index contributed by atoms with van der Waals surface area (Å²) >= 11 is 0. The van der Waals surface area contributed by atoms with Gasteiger partial charge in [-0.2, -0.15) is 0 Å². The average Bonchev–Trinajstić information content (AvgIpc) is 2.63. The molecular weight excluding hydrogens is 304 g/mol. The lowest BCUT2D eigenvalue weighted by molar-refractivity contribution is -0.172. The lowest BCUT2D eigenvalue weighted by Crippen LogP contribution is -2.48. The summed E-state index contributed by atoms with van der Waals surface area (Å²) in [4.78, 5) is 12.2. The Kier molecular flexibility index (Phi) is 6.12. The van der Waals surface area contributed by atoms with E-state index in [1.165, 1.54) is 7.11 Å². The summed E-state index contributed by atoms with van der Waals surface area (Å²) in [6, 6.07) is 18.6. The number of hydrogen-bond acceptors (Lipinski definition) is 4. The van der Waals surface area contributed by atoms with Gasteiger partial charge in [-0.1, -0.05) is 74.5 Å². The van der Waals surface area contributed by atoms with E-state index in [0.29, 0.717) is 17.7 Å². The van der Waals surface area contributed by atoms with E-state index in [1.54, 1.807) is 0 Å². The van der Waals surface area contributed by atoms with E-state index < -0.39 is 17.7 Å². The summed E-state index contributed by atoms with van der Waals surface area (Å²) in [6.45, 7) is 4.42. The van der Waals surface area contributed by atoms with Crippen LogP contribution in [0.1, 0.15) is 25.0 Å². The Hall–Kier alpha value is -2.17. The van der Waals surface area contributed by atoms with Crippen molar-refractivity contribution in [3.63, 3.8) is 0 Å². The van der Waals surface area contributed by atoms with Crippen molar-refractivity contribution < 1.29 is 19.4 Å². The highest BCUT2D eigenvalue weighted by molar-refractivity contribution is 5.77. The number of carbonyl (C=O) groups is 1. The van der Waals surface area contributed by atoms with Gasteiger partial charge in [-0.15, -0.1) is 0 Å². The van der Waals surface area contributed by atoms with Gasteiger partial charge in [-0.3, -0.25) is 0 Å². The molecule has 0 aliphatic rings. The molecule has 1 unspecified atom stereocenters. The maximum absolute atomic E-state index is 12.2. The molecule has 4 heteroatoms. The highest BCUT2D eigenvalue weighted by Gasteiger charge is 2.47. The molecule has 1 atom stereocenters. The summed E-state index contributed by atoms with van der Waals surface area (Å²) in [5, 5.41) is 10.8. The van der Waals surface area contributed by atoms with Crippen molar-refractivity contribution in [2.24, 2.45) is 5.92 Å². The van der Waals surface area contributed by atoms with Gasteiger partial charge in [-0.25, -0.2) is 4.79 Å². The van der Waals surface area contributed by atoms with E-state index in [4.69, 9.17) is 9.47 Å². The number of methoxy groups -OCH3 is 1. The third-order valence-corrected chi connectivity index (χ3v) is 3.86. The third kappa shape index (κ3) is 3.66. The van der Waals surface area contributed by atoms with Gasteiger partial charge in [0.25, 0.3) is 0 Å². The van der Waals surface area contributed by atoms with E-state index in [1.807, 2.05) is 74.5 Å². The molecule has 4 nitrogen and oxygen atoms in total. The molecule has 24 heavy (non-hydrogen) atoms. The second kappa shape index (κ2) is 8.08. The molecule has 0 bridgehead atoms. The summed E-state index contributed by atoms with van der Waals surface area (Å²) < 4.78 is 11.0. The van der Waals surface area contributed by atoms with Crippen LogP contribution in [0.2, 0.25) is 0 Å². The molecule has 0 amide bonds. The second-order valence-electron chi connectivity index (χ2n) is 6.10. The Labute approximate surface area is 143 Å². The van der Waals surface area contributed by atoms with Crippen LogP contribution in [0.4, 0.5) is 0 Å². The quantitative estimate of drug-likeness (QED) is 0.793. The first-order chi connectivity index (χ1) is 11.5. The van der Waals surface area contributed by atoms with Gasteiger partial charge in [0.2, 0.25) is 0 Å². The molecule has 0 heterocycles. The molecular formula is C20H24O4. The monoisotopic (exact) mass is 328 g/mol. The minimum atomic E-state index is -1.48. The minimum Gasteiger partial charge on any atom is -0.467 e. The van der Waals surface area contributed by atoms with E-state index in [2.05, 4.69) is 0 Å². The Morgan fingerprint density at radius 1 is 1.00 bits per heavy atom. The number of aliphatic hydroxyl groups is 1. The first kappa shape index (κ1) is 18.2. The molecule has 2 aromatic carbocycles. The van der Waals surface area contributed by atoms with Gasteiger partial charge in [0.15, 0.2) is 11.7 Å². The molecule has 0 aliphatic heterocycles. The molecule has 0 radical (unpaired) electrons. The number of rotatable bonds is 7. The molecule has 0 saturated carbocycles. The highest BCUT2D eigenvalue weighted by Crippen LogP contribution is 2.38. The summed E-state index contributed by atoms with van der Waals surface area (Å²) in [5.41, 5.74) is 0.0874. The maximum Gasteiger partial charge on any atom is 0.338 e. The fourth-order valence-electron chi connectivity index (χ4n) is 2.68. The first-order valence-corrected chi connectivity index (χ1v) is 8.03. The largest absolute Gasteiger partial charge is 0.467 e. The predicted octanol–water partition coefficient (Wildman–Crippen LogP) is 3.14. The zero-order chi connectivity index (χ0) is 17.6. The van der Waals surface area contributed by atoms with Crippen molar-refractivity contribution in [2.75, 3.05) is 13.7 Å². The number of benzene rings is 2. The fraction of sp³-hybridized carbons (Fsp3) is 0.350. The molecule has 0 saturated heterocycles. The molecule has 1 N–H and O–H groups in total. The van der Waals surface area contributed by atoms with Crippen molar-refractivity contribution in [1.82, 2.24) is 0 Å². The Morgan fingerprint density at radius 3 is 1.83 bits per heavy atom. The maximum atomic E-state index is 12.2. The Bertz CT molecular complexity index is 598. The summed E-state index contributed by atoms with van der Waals surface area (Å²) in [6.07, 6.45) is -1.48. The number of hydrogen-bond donors (Lipinski definition) is 1. The Balaban J connectivity index is 2.65. The zero-order valence-corrected chi connectivity index (χ0v) is 14.3. The molecule has 0 aromatic heterocycles. The van der Waals surface area contributed by atoms with E-state index >= 15 is 0 Å². The van der Waals surface area contributed by atoms with Crippen LogP contribution in [-0.4, -0.2) is 30.9 Å². The lowest BCUT2D eigenvalue weighted by Gasteiger charge is -2.38. The molecule has 2 aromatic rings. The molecule has 2 rings (SSSR count). The average molecular weight is 328 g/mol. The number of carbonyl (C=O) groups excluding carboxylic acids is 1. The molecule has 0 spiro atoms. The minimum absolute atomic E-state index is 0.238. The molecule has 0 fully saturated rings. The topological polar surface area (TPSA) is 55.8 Å². The van der Waals surface area contributed by atoms with Crippen LogP contribution in [0.15, 0.2) is 60.7 Å². The van der Waals surface area contributed by atoms with Crippen molar-refractivity contribution in [3.05, 3.63) is 71.8 Å². The van der Waals surface area contributed by atoms with E-state index in [0.717, 1.165) is 0 Å². The zero-order valence-electron chi connectivity index (χ0n) is 14.3. The van der Waals surface area contributed by atoms with Crippen LogP contribution in [-0.2, 0) is 19.9 Å². The van der Waals surface area contributed by atoms with Gasteiger partial charge in [0.05, 0.1) is 13.7 Å². The van der Waals surface area contributed by atoms with Crippen LogP contribution in [0.5, 0.6) is 0 Å². The van der Waals surface area contributed by atoms with Crippen molar-refractivity contribution >= 4 is 5.97 Å². The standard InChI is InChI=1S/C20H24O4/c1-15(2)14-24-20(18(21)19(22)23-3,16-10-6-4-7-11-16)17-12-8-5-9-13-17/h4-13,15,18,21H,14H2,1-3H3. The third-order valence-electron chi connectivity index (χ3n) is 3.86. The van der Waals surface area contributed by atoms with Crippen LogP contribution >= 0.6 is 0 Å². The van der Waals surface area contributed by atoms with Crippen molar-refractivity contribution in [2.45, 2.75) is 25.6 Å². The predicted molar refractivity (Wildman–Crippen MR) is 92.5 cm³/mol. The summed E-state index contributed by atoms with van der Waals surface area (Å²) in [5.74, 6) is -0.492. The van der Waals surface area contributed by atoms with Crippen molar-refractivity contribution in [3.8, 4) is 0 Å². The fourth-order valence-corrected chi connectivity index (χ4v) is 2.68. The van der Waals surface area contributed by atoms with Gasteiger partial charge in [-0.05, 0) is 17.0 Å². The van der Waals surface area contributed by atoms with Gasteiger partial charge in [0.1, 0.15) is 0 Å². The van der Waals surface area contributed by atoms with Crippen LogP contribution < -0.4 is 0 Å².